The third-order valence-electron chi connectivity index (χ3n) is 3.96. The molecule has 2 rings (SSSR count). The fraction of sp³-hybridized carbons (Fsp3) is 0.600. The Bertz CT molecular complexity index is 448. The molecule has 0 amide bonds. The highest BCUT2D eigenvalue weighted by atomic mass is 19.1. The zero-order valence-corrected chi connectivity index (χ0v) is 11.7. The first-order chi connectivity index (χ1) is 9.02. The van der Waals surface area contributed by atoms with E-state index < -0.39 is 0 Å². The number of aryl methyl sites for hydroxylation is 1. The SMILES string of the molecule is Cc1cc(N2CCC(CCO)C2)c([C@@H](C)N)cc1F. The molecule has 0 radical (unpaired) electrons. The molecule has 2 atom stereocenters. The first kappa shape index (κ1) is 14.3. The van der Waals surface area contributed by atoms with Crippen molar-refractivity contribution in [1.29, 1.82) is 0 Å². The molecule has 0 saturated carbocycles. The summed E-state index contributed by atoms with van der Waals surface area (Å²) in [5.74, 6) is 0.332. The summed E-state index contributed by atoms with van der Waals surface area (Å²) in [6.45, 7) is 5.78. The molecule has 0 spiro atoms. The van der Waals surface area contributed by atoms with Crippen LogP contribution in [0, 0.1) is 18.7 Å². The third-order valence-corrected chi connectivity index (χ3v) is 3.96. The molecule has 4 heteroatoms. The predicted octanol–water partition coefficient (Wildman–Crippen LogP) is 2.36. The van der Waals surface area contributed by atoms with Crippen LogP contribution in [0.4, 0.5) is 10.1 Å². The Labute approximate surface area is 114 Å². The normalized spacial score (nSPS) is 20.9. The van der Waals surface area contributed by atoms with Gasteiger partial charge in [-0.2, -0.15) is 0 Å². The highest BCUT2D eigenvalue weighted by Crippen LogP contribution is 2.32. The number of aliphatic hydroxyl groups is 1. The number of hydrogen-bond donors (Lipinski definition) is 2. The number of benzene rings is 1. The lowest BCUT2D eigenvalue weighted by atomic mass is 10.0. The van der Waals surface area contributed by atoms with Gasteiger partial charge in [0.15, 0.2) is 0 Å². The summed E-state index contributed by atoms with van der Waals surface area (Å²) in [5, 5.41) is 9.02. The molecule has 1 unspecified atom stereocenters. The van der Waals surface area contributed by atoms with Gasteiger partial charge in [-0.3, -0.25) is 0 Å². The van der Waals surface area contributed by atoms with Gasteiger partial charge in [0.1, 0.15) is 5.82 Å². The summed E-state index contributed by atoms with van der Waals surface area (Å²) in [6.07, 6.45) is 1.92. The van der Waals surface area contributed by atoms with Gasteiger partial charge in [0.05, 0.1) is 0 Å². The number of nitrogens with two attached hydrogens (primary N) is 1. The van der Waals surface area contributed by atoms with E-state index in [-0.39, 0.29) is 18.5 Å². The minimum Gasteiger partial charge on any atom is -0.396 e. The molecule has 1 aliphatic rings. The van der Waals surface area contributed by atoms with Crippen molar-refractivity contribution in [3.8, 4) is 0 Å². The Hall–Kier alpha value is -1.13. The molecule has 1 aliphatic heterocycles. The van der Waals surface area contributed by atoms with Crippen molar-refractivity contribution in [3.05, 3.63) is 29.1 Å². The molecule has 1 heterocycles. The monoisotopic (exact) mass is 266 g/mol. The lowest BCUT2D eigenvalue weighted by molar-refractivity contribution is 0.263. The van der Waals surface area contributed by atoms with Gasteiger partial charge in [-0.15, -0.1) is 0 Å². The number of anilines is 1. The van der Waals surface area contributed by atoms with E-state index in [1.54, 1.807) is 13.0 Å². The van der Waals surface area contributed by atoms with E-state index in [2.05, 4.69) is 4.90 Å². The highest BCUT2D eigenvalue weighted by molar-refractivity contribution is 5.57. The second-order valence-electron chi connectivity index (χ2n) is 5.56. The van der Waals surface area contributed by atoms with Crippen LogP contribution in [0.2, 0.25) is 0 Å². The van der Waals surface area contributed by atoms with Gasteiger partial charge in [0, 0.05) is 31.4 Å². The molecule has 106 valence electrons. The molecule has 0 aliphatic carbocycles. The van der Waals surface area contributed by atoms with E-state index in [1.807, 2.05) is 13.0 Å². The zero-order chi connectivity index (χ0) is 14.0. The lowest BCUT2D eigenvalue weighted by Gasteiger charge is -2.24. The van der Waals surface area contributed by atoms with Crippen molar-refractivity contribution in [1.82, 2.24) is 0 Å². The molecule has 3 nitrogen and oxygen atoms in total. The van der Waals surface area contributed by atoms with Gasteiger partial charge in [-0.25, -0.2) is 4.39 Å². The molecule has 0 bridgehead atoms. The van der Waals surface area contributed by atoms with Crippen LogP contribution in [0.1, 0.15) is 36.9 Å². The van der Waals surface area contributed by atoms with Crippen molar-refractivity contribution in [2.75, 3.05) is 24.6 Å². The quantitative estimate of drug-likeness (QED) is 0.879. The van der Waals surface area contributed by atoms with Crippen LogP contribution in [-0.2, 0) is 0 Å². The Kier molecular flexibility index (Phi) is 4.42. The Morgan fingerprint density at radius 3 is 2.89 bits per heavy atom. The number of rotatable bonds is 4. The van der Waals surface area contributed by atoms with E-state index in [0.717, 1.165) is 37.2 Å². The van der Waals surface area contributed by atoms with Crippen LogP contribution >= 0.6 is 0 Å². The average Bonchev–Trinajstić information content (AvgIpc) is 2.81. The number of aliphatic hydroxyl groups excluding tert-OH is 1. The Morgan fingerprint density at radius 1 is 1.53 bits per heavy atom. The van der Waals surface area contributed by atoms with Gasteiger partial charge in [0.2, 0.25) is 0 Å². The largest absolute Gasteiger partial charge is 0.396 e. The lowest BCUT2D eigenvalue weighted by Crippen LogP contribution is -2.23. The molecule has 1 saturated heterocycles. The van der Waals surface area contributed by atoms with Crippen molar-refractivity contribution >= 4 is 5.69 Å². The molecule has 1 aromatic carbocycles. The van der Waals surface area contributed by atoms with Gasteiger partial charge >= 0.3 is 0 Å². The Balaban J connectivity index is 2.26. The molecular formula is C15H23FN2O. The second kappa shape index (κ2) is 5.88. The van der Waals surface area contributed by atoms with Gasteiger partial charge in [-0.1, -0.05) is 0 Å². The van der Waals surface area contributed by atoms with E-state index in [0.29, 0.717) is 11.5 Å². The van der Waals surface area contributed by atoms with Crippen LogP contribution in [-0.4, -0.2) is 24.8 Å². The minimum absolute atomic E-state index is 0.179. The third kappa shape index (κ3) is 3.07. The molecule has 3 N–H and O–H groups in total. The smallest absolute Gasteiger partial charge is 0.126 e. The zero-order valence-electron chi connectivity index (χ0n) is 11.7. The standard InChI is InChI=1S/C15H23FN2O/c1-10-7-15(13(11(2)17)8-14(10)16)18-5-3-12(9-18)4-6-19/h7-8,11-12,19H,3-6,9,17H2,1-2H3/t11-,12?/m1/s1. The molecular weight excluding hydrogens is 243 g/mol. The fourth-order valence-corrected chi connectivity index (χ4v) is 2.79. The van der Waals surface area contributed by atoms with Crippen molar-refractivity contribution in [2.45, 2.75) is 32.7 Å². The number of nitrogens with zero attached hydrogens (tertiary/aromatic N) is 1. The van der Waals surface area contributed by atoms with E-state index in [4.69, 9.17) is 10.8 Å². The summed E-state index contributed by atoms with van der Waals surface area (Å²) in [6, 6.07) is 3.28. The van der Waals surface area contributed by atoms with Crippen LogP contribution in [0.5, 0.6) is 0 Å². The maximum atomic E-state index is 13.7. The molecule has 0 aromatic heterocycles. The Morgan fingerprint density at radius 2 is 2.26 bits per heavy atom. The highest BCUT2D eigenvalue weighted by Gasteiger charge is 2.25. The molecule has 1 fully saturated rings. The van der Waals surface area contributed by atoms with Crippen LogP contribution in [0.15, 0.2) is 12.1 Å². The van der Waals surface area contributed by atoms with E-state index in [9.17, 15) is 4.39 Å². The first-order valence-electron chi connectivity index (χ1n) is 6.94. The van der Waals surface area contributed by atoms with Crippen molar-refractivity contribution in [2.24, 2.45) is 11.7 Å². The summed E-state index contributed by atoms with van der Waals surface area (Å²) >= 11 is 0. The summed E-state index contributed by atoms with van der Waals surface area (Å²) in [4.78, 5) is 2.27. The average molecular weight is 266 g/mol. The van der Waals surface area contributed by atoms with E-state index >= 15 is 0 Å². The van der Waals surface area contributed by atoms with Crippen LogP contribution in [0.3, 0.4) is 0 Å². The minimum atomic E-state index is -0.192. The molecule has 19 heavy (non-hydrogen) atoms. The number of halogens is 1. The van der Waals surface area contributed by atoms with Crippen LogP contribution < -0.4 is 10.6 Å². The topological polar surface area (TPSA) is 49.5 Å². The first-order valence-corrected chi connectivity index (χ1v) is 6.94. The maximum absolute atomic E-state index is 13.7. The molecule has 1 aromatic rings. The maximum Gasteiger partial charge on any atom is 0.126 e. The van der Waals surface area contributed by atoms with Crippen molar-refractivity contribution in [3.63, 3.8) is 0 Å². The summed E-state index contributed by atoms with van der Waals surface area (Å²) < 4.78 is 13.7. The van der Waals surface area contributed by atoms with E-state index in [1.165, 1.54) is 0 Å². The van der Waals surface area contributed by atoms with Gasteiger partial charge in [-0.05, 0) is 55.9 Å². The number of hydrogen-bond acceptors (Lipinski definition) is 3. The fourth-order valence-electron chi connectivity index (χ4n) is 2.79. The second-order valence-corrected chi connectivity index (χ2v) is 5.56. The van der Waals surface area contributed by atoms with Crippen LogP contribution in [0.25, 0.3) is 0 Å². The van der Waals surface area contributed by atoms with Crippen molar-refractivity contribution < 1.29 is 9.50 Å². The predicted molar refractivity (Wildman–Crippen MR) is 75.8 cm³/mol. The van der Waals surface area contributed by atoms with Gasteiger partial charge < -0.3 is 15.7 Å². The summed E-state index contributed by atoms with van der Waals surface area (Å²) in [7, 11) is 0. The van der Waals surface area contributed by atoms with Gasteiger partial charge in [0.25, 0.3) is 0 Å². The summed E-state index contributed by atoms with van der Waals surface area (Å²) in [5.41, 5.74) is 8.54.